The first-order valence-corrected chi connectivity index (χ1v) is 6.27. The van der Waals surface area contributed by atoms with Crippen LogP contribution in [0.15, 0.2) is 0 Å². The zero-order chi connectivity index (χ0) is 12.8. The van der Waals surface area contributed by atoms with Crippen LogP contribution in [-0.2, 0) is 9.53 Å². The first-order valence-electron chi connectivity index (χ1n) is 6.27. The predicted octanol–water partition coefficient (Wildman–Crippen LogP) is -0.193. The normalized spacial score (nSPS) is 25.5. The molecule has 0 aliphatic heterocycles. The van der Waals surface area contributed by atoms with Crippen molar-refractivity contribution in [2.75, 3.05) is 33.9 Å². The van der Waals surface area contributed by atoms with E-state index in [0.717, 1.165) is 19.4 Å². The molecule has 1 amide bonds. The molecule has 100 valence electrons. The summed E-state index contributed by atoms with van der Waals surface area (Å²) in [4.78, 5) is 13.9. The van der Waals surface area contributed by atoms with Crippen LogP contribution in [0.2, 0.25) is 0 Å². The van der Waals surface area contributed by atoms with Gasteiger partial charge >= 0.3 is 0 Å². The van der Waals surface area contributed by atoms with E-state index in [-0.39, 0.29) is 11.9 Å². The third kappa shape index (κ3) is 4.61. The van der Waals surface area contributed by atoms with Crippen LogP contribution in [0.3, 0.4) is 0 Å². The first-order chi connectivity index (χ1) is 8.04. The molecule has 1 rings (SSSR count). The van der Waals surface area contributed by atoms with Gasteiger partial charge in [-0.2, -0.15) is 0 Å². The van der Waals surface area contributed by atoms with Gasteiger partial charge in [-0.15, -0.1) is 0 Å². The number of carbonyl (C=O) groups excluding carboxylic acids is 1. The summed E-state index contributed by atoms with van der Waals surface area (Å²) in [5, 5.41) is 2.85. The second kappa shape index (κ2) is 6.93. The summed E-state index contributed by atoms with van der Waals surface area (Å²) in [6, 6.07) is 0.280. The van der Waals surface area contributed by atoms with Crippen molar-refractivity contribution in [1.29, 1.82) is 0 Å². The van der Waals surface area contributed by atoms with Crippen LogP contribution in [0, 0.1) is 5.92 Å². The first kappa shape index (κ1) is 14.4. The van der Waals surface area contributed by atoms with Gasteiger partial charge in [0.05, 0.1) is 12.6 Å². The Morgan fingerprint density at radius 2 is 2.24 bits per heavy atom. The van der Waals surface area contributed by atoms with Gasteiger partial charge in [-0.3, -0.25) is 9.69 Å². The minimum Gasteiger partial charge on any atom is -0.383 e. The Labute approximate surface area is 104 Å². The Bertz CT molecular complexity index is 242. The Morgan fingerprint density at radius 1 is 1.59 bits per heavy atom. The predicted molar refractivity (Wildman–Crippen MR) is 67.7 cm³/mol. The summed E-state index contributed by atoms with van der Waals surface area (Å²) in [6.07, 6.45) is 2.17. The highest BCUT2D eigenvalue weighted by Gasteiger charge is 2.29. The Hall–Kier alpha value is -0.650. The number of ether oxygens (including phenoxy) is 1. The van der Waals surface area contributed by atoms with E-state index in [1.807, 2.05) is 14.0 Å². The minimum atomic E-state index is -0.0938. The molecule has 0 aromatic carbocycles. The highest BCUT2D eigenvalue weighted by molar-refractivity contribution is 5.81. The van der Waals surface area contributed by atoms with Crippen LogP contribution in [0.25, 0.3) is 0 Å². The van der Waals surface area contributed by atoms with Gasteiger partial charge in [-0.25, -0.2) is 0 Å². The number of amides is 1. The molecule has 0 saturated heterocycles. The fourth-order valence-electron chi connectivity index (χ4n) is 2.13. The monoisotopic (exact) mass is 243 g/mol. The quantitative estimate of drug-likeness (QED) is 0.608. The van der Waals surface area contributed by atoms with Crippen LogP contribution in [0.1, 0.15) is 19.8 Å². The second-order valence-electron chi connectivity index (χ2n) is 5.00. The Morgan fingerprint density at radius 3 is 2.76 bits per heavy atom. The zero-order valence-corrected chi connectivity index (χ0v) is 11.1. The number of nitrogens with two attached hydrogens (primary N) is 1. The lowest BCUT2D eigenvalue weighted by Crippen LogP contribution is -2.48. The number of hydrogen-bond acceptors (Lipinski definition) is 4. The van der Waals surface area contributed by atoms with E-state index >= 15 is 0 Å². The van der Waals surface area contributed by atoms with Crippen molar-refractivity contribution in [2.45, 2.75) is 31.8 Å². The maximum atomic E-state index is 11.8. The van der Waals surface area contributed by atoms with Crippen molar-refractivity contribution < 1.29 is 9.53 Å². The number of likely N-dealkylation sites (N-methyl/N-ethyl adjacent to an activating group) is 1. The standard InChI is InChI=1S/C12H25N3O2/c1-9(12(16)14-4-5-17-3)15(2)8-10-6-11(13)7-10/h9-11H,4-8,13H2,1-3H3,(H,14,16). The molecule has 1 aliphatic rings. The van der Waals surface area contributed by atoms with Crippen LogP contribution in [0.4, 0.5) is 0 Å². The average molecular weight is 243 g/mol. The Balaban J connectivity index is 2.20. The molecule has 0 heterocycles. The highest BCUT2D eigenvalue weighted by Crippen LogP contribution is 2.26. The lowest BCUT2D eigenvalue weighted by molar-refractivity contribution is -0.125. The minimum absolute atomic E-state index is 0.0631. The SMILES string of the molecule is COCCNC(=O)C(C)N(C)CC1CC(N)C1. The van der Waals surface area contributed by atoms with Crippen molar-refractivity contribution in [3.63, 3.8) is 0 Å². The van der Waals surface area contributed by atoms with Gasteiger partial charge in [-0.05, 0) is 32.7 Å². The molecule has 5 nitrogen and oxygen atoms in total. The van der Waals surface area contributed by atoms with Gasteiger partial charge in [0.2, 0.25) is 5.91 Å². The third-order valence-corrected chi connectivity index (χ3v) is 3.46. The molecule has 1 fully saturated rings. The molecular formula is C12H25N3O2. The van der Waals surface area contributed by atoms with Gasteiger partial charge in [0, 0.05) is 26.2 Å². The van der Waals surface area contributed by atoms with Gasteiger partial charge in [0.25, 0.3) is 0 Å². The van der Waals surface area contributed by atoms with Crippen LogP contribution in [0.5, 0.6) is 0 Å². The van der Waals surface area contributed by atoms with Crippen molar-refractivity contribution in [3.05, 3.63) is 0 Å². The summed E-state index contributed by atoms with van der Waals surface area (Å²) in [5.74, 6) is 0.720. The van der Waals surface area contributed by atoms with Crippen LogP contribution >= 0.6 is 0 Å². The summed E-state index contributed by atoms with van der Waals surface area (Å²) >= 11 is 0. The van der Waals surface area contributed by atoms with Crippen molar-refractivity contribution in [2.24, 2.45) is 11.7 Å². The second-order valence-corrected chi connectivity index (χ2v) is 5.00. The molecular weight excluding hydrogens is 218 g/mol. The van der Waals surface area contributed by atoms with E-state index in [2.05, 4.69) is 10.2 Å². The summed E-state index contributed by atoms with van der Waals surface area (Å²) in [6.45, 7) is 4.01. The molecule has 1 unspecified atom stereocenters. The van der Waals surface area contributed by atoms with Gasteiger partial charge in [0.15, 0.2) is 0 Å². The molecule has 0 radical (unpaired) electrons. The lowest BCUT2D eigenvalue weighted by atomic mass is 9.80. The maximum absolute atomic E-state index is 11.8. The molecule has 1 atom stereocenters. The molecule has 1 aliphatic carbocycles. The highest BCUT2D eigenvalue weighted by atomic mass is 16.5. The fourth-order valence-corrected chi connectivity index (χ4v) is 2.13. The molecule has 3 N–H and O–H groups in total. The van der Waals surface area contributed by atoms with Crippen LogP contribution < -0.4 is 11.1 Å². The molecule has 5 heteroatoms. The summed E-state index contributed by atoms with van der Waals surface area (Å²) in [7, 11) is 3.62. The number of nitrogens with zero attached hydrogens (tertiary/aromatic N) is 1. The molecule has 0 bridgehead atoms. The van der Waals surface area contributed by atoms with Gasteiger partial charge < -0.3 is 15.8 Å². The van der Waals surface area contributed by atoms with E-state index in [1.54, 1.807) is 7.11 Å². The smallest absolute Gasteiger partial charge is 0.237 e. The number of carbonyl (C=O) groups is 1. The zero-order valence-electron chi connectivity index (χ0n) is 11.1. The van der Waals surface area contributed by atoms with Gasteiger partial charge in [0.1, 0.15) is 0 Å². The van der Waals surface area contributed by atoms with E-state index in [4.69, 9.17) is 10.5 Å². The number of hydrogen-bond donors (Lipinski definition) is 2. The molecule has 0 aromatic rings. The van der Waals surface area contributed by atoms with E-state index in [9.17, 15) is 4.79 Å². The molecule has 0 aromatic heterocycles. The molecule has 1 saturated carbocycles. The lowest BCUT2D eigenvalue weighted by Gasteiger charge is -2.36. The molecule has 0 spiro atoms. The number of rotatable bonds is 7. The van der Waals surface area contributed by atoms with E-state index in [1.165, 1.54) is 0 Å². The van der Waals surface area contributed by atoms with E-state index < -0.39 is 0 Å². The molecule has 17 heavy (non-hydrogen) atoms. The van der Waals surface area contributed by atoms with Crippen molar-refractivity contribution in [3.8, 4) is 0 Å². The summed E-state index contributed by atoms with van der Waals surface area (Å²) < 4.78 is 4.89. The van der Waals surface area contributed by atoms with Crippen molar-refractivity contribution >= 4 is 5.91 Å². The largest absolute Gasteiger partial charge is 0.383 e. The Kier molecular flexibility index (Phi) is 5.88. The van der Waals surface area contributed by atoms with Crippen LogP contribution in [-0.4, -0.2) is 56.7 Å². The van der Waals surface area contributed by atoms with E-state index in [0.29, 0.717) is 25.1 Å². The maximum Gasteiger partial charge on any atom is 0.237 e. The summed E-state index contributed by atoms with van der Waals surface area (Å²) in [5.41, 5.74) is 5.75. The third-order valence-electron chi connectivity index (χ3n) is 3.46. The topological polar surface area (TPSA) is 67.6 Å². The average Bonchev–Trinajstić information content (AvgIpc) is 2.26. The number of methoxy groups -OCH3 is 1. The number of nitrogens with one attached hydrogen (secondary N) is 1. The van der Waals surface area contributed by atoms with Crippen molar-refractivity contribution in [1.82, 2.24) is 10.2 Å². The fraction of sp³-hybridized carbons (Fsp3) is 0.917. The van der Waals surface area contributed by atoms with Gasteiger partial charge in [-0.1, -0.05) is 0 Å².